The number of aliphatic imine (C=N–C) groups is 1. The van der Waals surface area contributed by atoms with Crippen molar-refractivity contribution in [2.24, 2.45) is 4.99 Å². The molecule has 3 nitrogen and oxygen atoms in total. The van der Waals surface area contributed by atoms with E-state index in [1.807, 2.05) is 12.4 Å². The van der Waals surface area contributed by atoms with Gasteiger partial charge in [-0.25, -0.2) is 0 Å². The molecular weight excluding hydrogens is 298 g/mol. The molecule has 0 N–H and O–H groups in total. The standard InChI is InChI=1S/C21H23NO2/c1-2-6-18-15-19(9-8-17(18)5-1)21(10-12-22-16-21)11-14-24-20-7-3-4-13-23-20/h1-2,5-6,8-10,12,15-16,20H,3-4,7,11,13-14H2. The van der Waals surface area contributed by atoms with Crippen LogP contribution in [0, 0.1) is 0 Å². The van der Waals surface area contributed by atoms with Crippen molar-refractivity contribution in [1.82, 2.24) is 0 Å². The predicted octanol–water partition coefficient (Wildman–Crippen LogP) is 4.61. The first-order chi connectivity index (χ1) is 11.9. The Balaban J connectivity index is 1.51. The molecule has 0 spiro atoms. The molecule has 2 aliphatic rings. The number of fused-ring (bicyclic) bond motifs is 1. The van der Waals surface area contributed by atoms with Gasteiger partial charge in [0.1, 0.15) is 0 Å². The summed E-state index contributed by atoms with van der Waals surface area (Å²) in [7, 11) is 0. The molecule has 2 unspecified atom stereocenters. The van der Waals surface area contributed by atoms with Crippen LogP contribution in [0.15, 0.2) is 59.7 Å². The lowest BCUT2D eigenvalue weighted by Gasteiger charge is -2.28. The summed E-state index contributed by atoms with van der Waals surface area (Å²) in [5.74, 6) is 0. The lowest BCUT2D eigenvalue weighted by Crippen LogP contribution is -2.29. The van der Waals surface area contributed by atoms with Gasteiger partial charge in [0.15, 0.2) is 6.29 Å². The molecule has 2 aliphatic heterocycles. The summed E-state index contributed by atoms with van der Waals surface area (Å²) in [5.41, 5.74) is 1.10. The monoisotopic (exact) mass is 321 g/mol. The third-order valence-corrected chi connectivity index (χ3v) is 5.01. The number of ether oxygens (including phenoxy) is 2. The maximum absolute atomic E-state index is 5.96. The van der Waals surface area contributed by atoms with Crippen LogP contribution in [0.5, 0.6) is 0 Å². The van der Waals surface area contributed by atoms with E-state index in [-0.39, 0.29) is 11.7 Å². The highest BCUT2D eigenvalue weighted by Crippen LogP contribution is 2.33. The first-order valence-electron chi connectivity index (χ1n) is 8.80. The molecule has 0 aliphatic carbocycles. The van der Waals surface area contributed by atoms with Crippen LogP contribution in [0.25, 0.3) is 10.8 Å². The molecule has 0 aromatic heterocycles. The van der Waals surface area contributed by atoms with Crippen LogP contribution in [-0.2, 0) is 14.9 Å². The Bertz CT molecular complexity index is 747. The highest BCUT2D eigenvalue weighted by atomic mass is 16.7. The highest BCUT2D eigenvalue weighted by molar-refractivity contribution is 5.87. The fourth-order valence-electron chi connectivity index (χ4n) is 3.54. The minimum atomic E-state index is -0.168. The van der Waals surface area contributed by atoms with Gasteiger partial charge in [0.25, 0.3) is 0 Å². The van der Waals surface area contributed by atoms with E-state index in [0.29, 0.717) is 6.61 Å². The van der Waals surface area contributed by atoms with Crippen molar-refractivity contribution >= 4 is 17.0 Å². The largest absolute Gasteiger partial charge is 0.353 e. The number of nitrogens with zero attached hydrogens (tertiary/aromatic N) is 1. The van der Waals surface area contributed by atoms with Crippen LogP contribution in [0.4, 0.5) is 0 Å². The van der Waals surface area contributed by atoms with Gasteiger partial charge in [-0.2, -0.15) is 0 Å². The highest BCUT2D eigenvalue weighted by Gasteiger charge is 2.30. The predicted molar refractivity (Wildman–Crippen MR) is 97.4 cm³/mol. The van der Waals surface area contributed by atoms with Crippen molar-refractivity contribution in [3.63, 3.8) is 0 Å². The Morgan fingerprint density at radius 2 is 2.04 bits per heavy atom. The van der Waals surface area contributed by atoms with Gasteiger partial charge in [-0.3, -0.25) is 4.99 Å². The van der Waals surface area contributed by atoms with E-state index >= 15 is 0 Å². The molecule has 2 aromatic rings. The molecule has 0 amide bonds. The first kappa shape index (κ1) is 15.6. The van der Waals surface area contributed by atoms with Gasteiger partial charge in [-0.05, 0) is 48.1 Å². The van der Waals surface area contributed by atoms with Crippen molar-refractivity contribution in [1.29, 1.82) is 0 Å². The minimum absolute atomic E-state index is 0.0327. The molecular formula is C21H23NO2. The molecule has 0 saturated carbocycles. The van der Waals surface area contributed by atoms with E-state index in [1.165, 1.54) is 22.8 Å². The minimum Gasteiger partial charge on any atom is -0.353 e. The zero-order valence-electron chi connectivity index (χ0n) is 13.9. The normalized spacial score (nSPS) is 26.2. The summed E-state index contributed by atoms with van der Waals surface area (Å²) in [6.07, 6.45) is 10.3. The third-order valence-electron chi connectivity index (χ3n) is 5.01. The van der Waals surface area contributed by atoms with E-state index in [2.05, 4.69) is 53.5 Å². The number of benzene rings is 2. The van der Waals surface area contributed by atoms with Crippen molar-refractivity contribution < 1.29 is 9.47 Å². The summed E-state index contributed by atoms with van der Waals surface area (Å²) in [6.45, 7) is 1.50. The van der Waals surface area contributed by atoms with Gasteiger partial charge < -0.3 is 9.47 Å². The van der Waals surface area contributed by atoms with Crippen molar-refractivity contribution in [3.05, 3.63) is 60.3 Å². The van der Waals surface area contributed by atoms with Gasteiger partial charge in [0, 0.05) is 19.0 Å². The van der Waals surface area contributed by atoms with Crippen LogP contribution >= 0.6 is 0 Å². The topological polar surface area (TPSA) is 30.8 Å². The molecule has 1 fully saturated rings. The number of hydrogen-bond donors (Lipinski definition) is 0. The molecule has 2 atom stereocenters. The zero-order chi connectivity index (χ0) is 16.2. The molecule has 2 aromatic carbocycles. The number of rotatable bonds is 5. The second-order valence-electron chi connectivity index (χ2n) is 6.61. The van der Waals surface area contributed by atoms with Crippen LogP contribution in [0.1, 0.15) is 31.2 Å². The maximum atomic E-state index is 5.96. The van der Waals surface area contributed by atoms with Gasteiger partial charge >= 0.3 is 0 Å². The third kappa shape index (κ3) is 3.14. The maximum Gasteiger partial charge on any atom is 0.157 e. The lowest BCUT2D eigenvalue weighted by molar-refractivity contribution is -0.163. The number of allylic oxidation sites excluding steroid dienone is 1. The Labute approximate surface area is 143 Å². The zero-order valence-corrected chi connectivity index (χ0v) is 13.9. The number of hydrogen-bond acceptors (Lipinski definition) is 3. The molecule has 124 valence electrons. The van der Waals surface area contributed by atoms with Gasteiger partial charge in [0.2, 0.25) is 0 Å². The van der Waals surface area contributed by atoms with Crippen LogP contribution in [0.2, 0.25) is 0 Å². The Hall–Kier alpha value is -1.97. The van der Waals surface area contributed by atoms with E-state index in [0.717, 1.165) is 25.9 Å². The SMILES string of the molecule is C1=CC(CCOC2CCCCO2)(c2ccc3ccccc3c2)C=N1. The second-order valence-corrected chi connectivity index (χ2v) is 6.61. The molecule has 24 heavy (non-hydrogen) atoms. The molecule has 0 radical (unpaired) electrons. The van der Waals surface area contributed by atoms with Crippen molar-refractivity contribution in [2.75, 3.05) is 13.2 Å². The summed E-state index contributed by atoms with van der Waals surface area (Å²) < 4.78 is 11.6. The van der Waals surface area contributed by atoms with E-state index in [9.17, 15) is 0 Å². The molecule has 0 bridgehead atoms. The van der Waals surface area contributed by atoms with Gasteiger partial charge in [0.05, 0.1) is 12.0 Å². The Morgan fingerprint density at radius 3 is 2.83 bits per heavy atom. The summed E-state index contributed by atoms with van der Waals surface area (Å²) in [5, 5.41) is 2.53. The lowest BCUT2D eigenvalue weighted by atomic mass is 9.79. The molecule has 1 saturated heterocycles. The van der Waals surface area contributed by atoms with Crippen molar-refractivity contribution in [3.8, 4) is 0 Å². The summed E-state index contributed by atoms with van der Waals surface area (Å²) in [6, 6.07) is 15.1. The van der Waals surface area contributed by atoms with Gasteiger partial charge in [-0.15, -0.1) is 0 Å². The van der Waals surface area contributed by atoms with Crippen molar-refractivity contribution in [2.45, 2.75) is 37.4 Å². The van der Waals surface area contributed by atoms with Gasteiger partial charge in [-0.1, -0.05) is 42.5 Å². The summed E-state index contributed by atoms with van der Waals surface area (Å²) in [4.78, 5) is 4.37. The second kappa shape index (κ2) is 6.88. The molecule has 3 heteroatoms. The molecule has 4 rings (SSSR count). The average Bonchev–Trinajstić information content (AvgIpc) is 3.12. The first-order valence-corrected chi connectivity index (χ1v) is 8.80. The summed E-state index contributed by atoms with van der Waals surface area (Å²) >= 11 is 0. The quantitative estimate of drug-likeness (QED) is 0.805. The van der Waals surface area contributed by atoms with Crippen LogP contribution in [0.3, 0.4) is 0 Å². The Morgan fingerprint density at radius 1 is 1.12 bits per heavy atom. The van der Waals surface area contributed by atoms with Crippen LogP contribution in [-0.4, -0.2) is 25.7 Å². The smallest absolute Gasteiger partial charge is 0.157 e. The van der Waals surface area contributed by atoms with E-state index in [1.54, 1.807) is 0 Å². The fraction of sp³-hybridized carbons (Fsp3) is 0.381. The van der Waals surface area contributed by atoms with E-state index < -0.39 is 0 Å². The fourth-order valence-corrected chi connectivity index (χ4v) is 3.54. The Kier molecular flexibility index (Phi) is 4.46. The van der Waals surface area contributed by atoms with E-state index in [4.69, 9.17) is 9.47 Å². The molecule has 2 heterocycles. The van der Waals surface area contributed by atoms with Crippen LogP contribution < -0.4 is 0 Å². The average molecular weight is 321 g/mol.